The number of likely N-dealkylation sites (tertiary alicyclic amines) is 1. The lowest BCUT2D eigenvalue weighted by atomic mass is 9.82. The molecule has 2 nitrogen and oxygen atoms in total. The van der Waals surface area contributed by atoms with Crippen LogP contribution in [0.3, 0.4) is 0 Å². The zero-order chi connectivity index (χ0) is 13.9. The molecule has 1 aromatic rings. The van der Waals surface area contributed by atoms with Crippen molar-refractivity contribution >= 4 is 0 Å². The minimum atomic E-state index is -0.259. The molecule has 1 heterocycles. The number of nitriles is 1. The third-order valence-electron chi connectivity index (χ3n) is 4.60. The van der Waals surface area contributed by atoms with Crippen molar-refractivity contribution in [2.45, 2.75) is 39.7 Å². The van der Waals surface area contributed by atoms with Gasteiger partial charge in [-0.25, -0.2) is 4.39 Å². The molecule has 1 fully saturated rings. The summed E-state index contributed by atoms with van der Waals surface area (Å²) in [5.74, 6) is -0.259. The topological polar surface area (TPSA) is 27.0 Å². The van der Waals surface area contributed by atoms with Gasteiger partial charge >= 0.3 is 0 Å². The maximum atomic E-state index is 13.3. The second-order valence-corrected chi connectivity index (χ2v) is 5.58. The maximum Gasteiger partial charge on any atom is 0.123 e. The second-order valence-electron chi connectivity index (χ2n) is 5.58. The zero-order valence-corrected chi connectivity index (χ0v) is 11.7. The molecule has 0 radical (unpaired) electrons. The first-order valence-electron chi connectivity index (χ1n) is 7.03. The SMILES string of the molecule is CCC1(CC)CCN(Cc2cc(F)ccc2C#N)C1. The molecule has 1 aromatic carbocycles. The van der Waals surface area contributed by atoms with Crippen LogP contribution in [-0.4, -0.2) is 18.0 Å². The Morgan fingerprint density at radius 2 is 2.11 bits per heavy atom. The Labute approximate surface area is 114 Å². The van der Waals surface area contributed by atoms with E-state index in [0.717, 1.165) is 18.7 Å². The lowest BCUT2D eigenvalue weighted by molar-refractivity contribution is 0.236. The van der Waals surface area contributed by atoms with E-state index >= 15 is 0 Å². The van der Waals surface area contributed by atoms with Crippen molar-refractivity contribution in [2.75, 3.05) is 13.1 Å². The molecular formula is C16H21FN2. The van der Waals surface area contributed by atoms with Crippen molar-refractivity contribution in [2.24, 2.45) is 5.41 Å². The number of halogens is 1. The van der Waals surface area contributed by atoms with Gasteiger partial charge in [-0.3, -0.25) is 4.90 Å². The average molecular weight is 260 g/mol. The van der Waals surface area contributed by atoms with Crippen LogP contribution in [-0.2, 0) is 6.54 Å². The smallest absolute Gasteiger partial charge is 0.123 e. The largest absolute Gasteiger partial charge is 0.298 e. The molecule has 19 heavy (non-hydrogen) atoms. The van der Waals surface area contributed by atoms with Crippen LogP contribution in [0.25, 0.3) is 0 Å². The van der Waals surface area contributed by atoms with Crippen molar-refractivity contribution < 1.29 is 4.39 Å². The van der Waals surface area contributed by atoms with E-state index < -0.39 is 0 Å². The third-order valence-corrected chi connectivity index (χ3v) is 4.60. The molecule has 0 aliphatic carbocycles. The summed E-state index contributed by atoms with van der Waals surface area (Å²) in [6, 6.07) is 6.58. The van der Waals surface area contributed by atoms with Crippen molar-refractivity contribution in [1.82, 2.24) is 4.90 Å². The molecule has 0 N–H and O–H groups in total. The van der Waals surface area contributed by atoms with E-state index in [9.17, 15) is 4.39 Å². The van der Waals surface area contributed by atoms with Gasteiger partial charge in [0.1, 0.15) is 5.82 Å². The van der Waals surface area contributed by atoms with Crippen LogP contribution in [0.1, 0.15) is 44.2 Å². The standard InChI is InChI=1S/C16H21FN2/c1-3-16(4-2)7-8-19(12-16)11-14-9-15(17)6-5-13(14)10-18/h5-6,9H,3-4,7-8,11-12H2,1-2H3. The Kier molecular flexibility index (Phi) is 4.21. The van der Waals surface area contributed by atoms with Gasteiger partial charge in [0.25, 0.3) is 0 Å². The van der Waals surface area contributed by atoms with E-state index in [0.29, 0.717) is 17.5 Å². The lowest BCUT2D eigenvalue weighted by Gasteiger charge is -2.26. The Morgan fingerprint density at radius 3 is 2.68 bits per heavy atom. The molecule has 1 saturated heterocycles. The summed E-state index contributed by atoms with van der Waals surface area (Å²) in [6.07, 6.45) is 3.58. The summed E-state index contributed by atoms with van der Waals surface area (Å²) in [5, 5.41) is 9.09. The molecule has 0 amide bonds. The number of nitrogens with zero attached hydrogens (tertiary/aromatic N) is 2. The van der Waals surface area contributed by atoms with Gasteiger partial charge < -0.3 is 0 Å². The van der Waals surface area contributed by atoms with Gasteiger partial charge in [0.05, 0.1) is 11.6 Å². The summed E-state index contributed by atoms with van der Waals surface area (Å²) in [4.78, 5) is 2.35. The first-order valence-corrected chi connectivity index (χ1v) is 7.03. The van der Waals surface area contributed by atoms with Crippen molar-refractivity contribution in [3.63, 3.8) is 0 Å². The Balaban J connectivity index is 2.11. The zero-order valence-electron chi connectivity index (χ0n) is 11.7. The van der Waals surface area contributed by atoms with Crippen molar-refractivity contribution in [3.05, 3.63) is 35.1 Å². The van der Waals surface area contributed by atoms with Crippen LogP contribution in [0.5, 0.6) is 0 Å². The van der Waals surface area contributed by atoms with Gasteiger partial charge in [-0.15, -0.1) is 0 Å². The summed E-state index contributed by atoms with van der Waals surface area (Å²) < 4.78 is 13.3. The summed E-state index contributed by atoms with van der Waals surface area (Å²) >= 11 is 0. The fourth-order valence-corrected chi connectivity index (χ4v) is 3.03. The van der Waals surface area contributed by atoms with Gasteiger partial charge in [0.2, 0.25) is 0 Å². The molecule has 0 spiro atoms. The molecule has 1 aliphatic rings. The molecule has 0 saturated carbocycles. The molecule has 0 unspecified atom stereocenters. The monoisotopic (exact) mass is 260 g/mol. The Bertz CT molecular complexity index is 486. The highest BCUT2D eigenvalue weighted by Gasteiger charge is 2.34. The second kappa shape index (κ2) is 5.71. The molecule has 0 bridgehead atoms. The normalized spacial score (nSPS) is 18.4. The molecule has 2 rings (SSSR count). The molecule has 0 atom stereocenters. The minimum absolute atomic E-state index is 0.259. The van der Waals surface area contributed by atoms with Crippen molar-refractivity contribution in [3.8, 4) is 6.07 Å². The maximum absolute atomic E-state index is 13.3. The van der Waals surface area contributed by atoms with E-state index in [4.69, 9.17) is 5.26 Å². The summed E-state index contributed by atoms with van der Waals surface area (Å²) in [7, 11) is 0. The fraction of sp³-hybridized carbons (Fsp3) is 0.562. The number of hydrogen-bond acceptors (Lipinski definition) is 2. The lowest BCUT2D eigenvalue weighted by Crippen LogP contribution is -2.26. The van der Waals surface area contributed by atoms with Gasteiger partial charge in [0.15, 0.2) is 0 Å². The van der Waals surface area contributed by atoms with Crippen LogP contribution >= 0.6 is 0 Å². The van der Waals surface area contributed by atoms with Crippen LogP contribution in [0.15, 0.2) is 18.2 Å². The van der Waals surface area contributed by atoms with E-state index in [2.05, 4.69) is 24.8 Å². The molecular weight excluding hydrogens is 239 g/mol. The number of hydrogen-bond donors (Lipinski definition) is 0. The van der Waals surface area contributed by atoms with E-state index in [1.165, 1.54) is 31.4 Å². The van der Waals surface area contributed by atoms with Crippen LogP contribution < -0.4 is 0 Å². The average Bonchev–Trinajstić information content (AvgIpc) is 2.83. The van der Waals surface area contributed by atoms with Crippen LogP contribution in [0.4, 0.5) is 4.39 Å². The van der Waals surface area contributed by atoms with E-state index in [-0.39, 0.29) is 5.82 Å². The highest BCUT2D eigenvalue weighted by molar-refractivity contribution is 5.37. The number of benzene rings is 1. The summed E-state index contributed by atoms with van der Waals surface area (Å²) in [5.41, 5.74) is 1.82. The van der Waals surface area contributed by atoms with Gasteiger partial charge in [-0.05, 0) is 55.0 Å². The highest BCUT2D eigenvalue weighted by atomic mass is 19.1. The van der Waals surface area contributed by atoms with Crippen LogP contribution in [0, 0.1) is 22.6 Å². The van der Waals surface area contributed by atoms with Crippen LogP contribution in [0.2, 0.25) is 0 Å². The molecule has 1 aliphatic heterocycles. The Morgan fingerprint density at radius 1 is 1.37 bits per heavy atom. The first kappa shape index (κ1) is 14.0. The van der Waals surface area contributed by atoms with E-state index in [1.54, 1.807) is 6.07 Å². The predicted molar refractivity (Wildman–Crippen MR) is 74.0 cm³/mol. The van der Waals surface area contributed by atoms with Crippen molar-refractivity contribution in [1.29, 1.82) is 5.26 Å². The van der Waals surface area contributed by atoms with Gasteiger partial charge in [-0.1, -0.05) is 13.8 Å². The Hall–Kier alpha value is -1.40. The molecule has 0 aromatic heterocycles. The predicted octanol–water partition coefficient (Wildman–Crippen LogP) is 3.71. The quantitative estimate of drug-likeness (QED) is 0.825. The fourth-order valence-electron chi connectivity index (χ4n) is 3.03. The highest BCUT2D eigenvalue weighted by Crippen LogP contribution is 2.37. The van der Waals surface area contributed by atoms with Gasteiger partial charge in [-0.2, -0.15) is 5.26 Å². The van der Waals surface area contributed by atoms with E-state index in [1.807, 2.05) is 0 Å². The molecule has 102 valence electrons. The number of rotatable bonds is 4. The summed E-state index contributed by atoms with van der Waals surface area (Å²) in [6.45, 7) is 7.28. The third kappa shape index (κ3) is 2.96. The molecule has 3 heteroatoms. The van der Waals surface area contributed by atoms with Gasteiger partial charge in [0, 0.05) is 13.1 Å². The first-order chi connectivity index (χ1) is 9.12. The minimum Gasteiger partial charge on any atom is -0.298 e.